The van der Waals surface area contributed by atoms with Crippen LogP contribution in [0, 0.1) is 0 Å². The topological polar surface area (TPSA) is 9.72 Å². The van der Waals surface area contributed by atoms with Gasteiger partial charge in [-0.05, 0) is 121 Å². The van der Waals surface area contributed by atoms with Gasteiger partial charge in [0.15, 0.2) is 0 Å². The van der Waals surface area contributed by atoms with Gasteiger partial charge in [-0.1, -0.05) is 106 Å². The molecule has 2 aliphatic carbocycles. The Morgan fingerprint density at radius 3 is 2.14 bits per heavy atom. The van der Waals surface area contributed by atoms with Crippen LogP contribution in [0.2, 0.25) is 0 Å². The Kier molecular flexibility index (Phi) is 6.82. The minimum absolute atomic E-state index is 0.0334. The van der Waals surface area contributed by atoms with Gasteiger partial charge in [0, 0.05) is 50.9 Å². The number of allylic oxidation sites excluding steroid dienone is 4. The molecule has 51 heavy (non-hydrogen) atoms. The lowest BCUT2D eigenvalue weighted by Crippen LogP contribution is -2.64. The predicted octanol–water partition coefficient (Wildman–Crippen LogP) is 10.5. The van der Waals surface area contributed by atoms with Crippen LogP contribution in [-0.4, -0.2) is 12.3 Å². The second-order valence-corrected chi connectivity index (χ2v) is 16.2. The van der Waals surface area contributed by atoms with E-state index < -0.39 is 0 Å². The number of para-hydroxylation sites is 3. The highest BCUT2D eigenvalue weighted by Gasteiger charge is 2.61. The summed E-state index contributed by atoms with van der Waals surface area (Å²) in [6.07, 6.45) is 14.1. The van der Waals surface area contributed by atoms with Crippen LogP contribution in [-0.2, 0) is 5.41 Å². The molecule has 0 aromatic heterocycles. The Morgan fingerprint density at radius 2 is 1.43 bits per heavy atom. The minimum atomic E-state index is 0.0334. The van der Waals surface area contributed by atoms with E-state index in [0.29, 0.717) is 5.92 Å². The quantitative estimate of drug-likeness (QED) is 0.173. The molecule has 2 atom stereocenters. The highest BCUT2D eigenvalue weighted by molar-refractivity contribution is 7.00. The van der Waals surface area contributed by atoms with Gasteiger partial charge in [0.05, 0.1) is 5.54 Å². The van der Waals surface area contributed by atoms with Gasteiger partial charge in [0.2, 0.25) is 0 Å². The summed E-state index contributed by atoms with van der Waals surface area (Å²) in [5.74, 6) is 0.413. The van der Waals surface area contributed by atoms with Crippen LogP contribution in [0.1, 0.15) is 83.3 Å². The molecule has 5 aliphatic rings. The fraction of sp³-hybridized carbons (Fsp3) is 0.277. The van der Waals surface area contributed by atoms with Crippen LogP contribution in [0.25, 0.3) is 0 Å². The fourth-order valence-corrected chi connectivity index (χ4v) is 10.4. The van der Waals surface area contributed by atoms with Crippen molar-refractivity contribution in [3.8, 4) is 0 Å². The zero-order valence-corrected chi connectivity index (χ0v) is 30.4. The second kappa shape index (κ2) is 11.3. The molecule has 0 N–H and O–H groups in total. The summed E-state index contributed by atoms with van der Waals surface area (Å²) in [6.45, 7) is 10.1. The van der Waals surface area contributed by atoms with Gasteiger partial charge >= 0.3 is 0 Å². The van der Waals surface area contributed by atoms with E-state index in [-0.39, 0.29) is 17.7 Å². The molecular formula is C47H46BN3. The smallest absolute Gasteiger partial charge is 0.252 e. The van der Waals surface area contributed by atoms with Gasteiger partial charge in [-0.25, -0.2) is 0 Å². The van der Waals surface area contributed by atoms with Crippen molar-refractivity contribution in [2.24, 2.45) is 0 Å². The SMILES string of the molecule is CC(C)c1cc2c3c(c1)N1c4c(cccc4C4(C)CCCCC14C)B3c1ccc(N(c3ccccc3)c3ccccc3)cc1N2C1=CC=CCC1. The van der Waals surface area contributed by atoms with Gasteiger partial charge in [0.25, 0.3) is 6.71 Å². The molecule has 1 fully saturated rings. The van der Waals surface area contributed by atoms with Gasteiger partial charge in [0.1, 0.15) is 0 Å². The second-order valence-electron chi connectivity index (χ2n) is 16.2. The molecule has 3 nitrogen and oxygen atoms in total. The average Bonchev–Trinajstić information content (AvgIpc) is 3.38. The first kappa shape index (κ1) is 30.8. The van der Waals surface area contributed by atoms with Crippen LogP contribution < -0.4 is 31.1 Å². The summed E-state index contributed by atoms with van der Waals surface area (Å²) in [7, 11) is 0. The normalized spacial score (nSPS) is 22.3. The number of nitrogens with zero attached hydrogens (tertiary/aromatic N) is 3. The Hall–Kier alpha value is -4.96. The Labute approximate surface area is 304 Å². The number of rotatable bonds is 5. The number of fused-ring (bicyclic) bond motifs is 7. The monoisotopic (exact) mass is 663 g/mol. The summed E-state index contributed by atoms with van der Waals surface area (Å²) < 4.78 is 0. The maximum Gasteiger partial charge on any atom is 0.252 e. The summed E-state index contributed by atoms with van der Waals surface area (Å²) in [6, 6.07) is 41.4. The van der Waals surface area contributed by atoms with E-state index in [4.69, 9.17) is 0 Å². The van der Waals surface area contributed by atoms with E-state index in [1.165, 1.54) is 81.8 Å². The van der Waals surface area contributed by atoms with Crippen LogP contribution in [0.4, 0.5) is 39.8 Å². The van der Waals surface area contributed by atoms with Crippen molar-refractivity contribution in [1.82, 2.24) is 0 Å². The summed E-state index contributed by atoms with van der Waals surface area (Å²) in [5.41, 5.74) is 18.0. The van der Waals surface area contributed by atoms with Crippen molar-refractivity contribution in [3.63, 3.8) is 0 Å². The zero-order valence-electron chi connectivity index (χ0n) is 30.4. The lowest BCUT2D eigenvalue weighted by atomic mass is 9.33. The van der Waals surface area contributed by atoms with Crippen molar-refractivity contribution in [2.75, 3.05) is 14.7 Å². The van der Waals surface area contributed by atoms with Crippen molar-refractivity contribution < 1.29 is 0 Å². The molecule has 0 amide bonds. The van der Waals surface area contributed by atoms with E-state index in [0.717, 1.165) is 24.2 Å². The molecule has 4 heteroatoms. The van der Waals surface area contributed by atoms with Crippen molar-refractivity contribution in [3.05, 3.63) is 144 Å². The molecule has 0 radical (unpaired) electrons. The fourth-order valence-electron chi connectivity index (χ4n) is 10.4. The van der Waals surface area contributed by atoms with E-state index in [2.05, 4.69) is 170 Å². The first-order valence-corrected chi connectivity index (χ1v) is 19.2. The van der Waals surface area contributed by atoms with Crippen LogP contribution in [0.15, 0.2) is 133 Å². The van der Waals surface area contributed by atoms with Gasteiger partial charge in [-0.15, -0.1) is 0 Å². The highest BCUT2D eigenvalue weighted by Crippen LogP contribution is 2.61. The third kappa shape index (κ3) is 4.26. The Morgan fingerprint density at radius 1 is 0.706 bits per heavy atom. The zero-order chi connectivity index (χ0) is 34.5. The lowest BCUT2D eigenvalue weighted by molar-refractivity contribution is 0.195. The van der Waals surface area contributed by atoms with Crippen molar-refractivity contribution in [1.29, 1.82) is 0 Å². The molecular weight excluding hydrogens is 617 g/mol. The Bertz CT molecular complexity index is 2220. The number of benzene rings is 5. The minimum Gasteiger partial charge on any atom is -0.335 e. The van der Waals surface area contributed by atoms with E-state index in [1.807, 2.05) is 0 Å². The first-order chi connectivity index (χ1) is 24.9. The van der Waals surface area contributed by atoms with Crippen molar-refractivity contribution in [2.45, 2.75) is 83.1 Å². The van der Waals surface area contributed by atoms with Gasteiger partial charge < -0.3 is 14.7 Å². The largest absolute Gasteiger partial charge is 0.335 e. The van der Waals surface area contributed by atoms with Gasteiger partial charge in [-0.2, -0.15) is 0 Å². The molecule has 0 spiro atoms. The van der Waals surface area contributed by atoms with E-state index >= 15 is 0 Å². The molecule has 0 saturated heterocycles. The third-order valence-corrected chi connectivity index (χ3v) is 13.2. The van der Waals surface area contributed by atoms with E-state index in [1.54, 1.807) is 5.56 Å². The Balaban J connectivity index is 1.28. The molecule has 0 bridgehead atoms. The maximum atomic E-state index is 2.86. The molecule has 1 saturated carbocycles. The molecule has 252 valence electrons. The highest BCUT2D eigenvalue weighted by atomic mass is 15.3. The molecule has 5 aromatic rings. The number of anilines is 7. The summed E-state index contributed by atoms with van der Waals surface area (Å²) in [4.78, 5) is 7.93. The number of hydrogen-bond acceptors (Lipinski definition) is 3. The van der Waals surface area contributed by atoms with Crippen LogP contribution in [0.5, 0.6) is 0 Å². The van der Waals surface area contributed by atoms with Crippen molar-refractivity contribution >= 4 is 62.9 Å². The molecule has 3 aliphatic heterocycles. The average molecular weight is 664 g/mol. The lowest BCUT2D eigenvalue weighted by Gasteiger charge is -2.53. The summed E-state index contributed by atoms with van der Waals surface area (Å²) in [5, 5.41) is 0. The molecule has 10 rings (SSSR count). The van der Waals surface area contributed by atoms with Crippen LogP contribution in [0.3, 0.4) is 0 Å². The standard InChI is InChI=1S/C47H46BN3/c1-32(2)33-29-42-44-43(30-33)51-45-38(46(3)27-14-15-28-47(46,51)4)23-16-24-40(45)48(44)39-26-25-37(31-41(39)50(42)36-21-12-7-13-22-36)49(34-17-8-5-9-18-34)35-19-10-6-11-20-35/h5-12,16-21,23-26,29-32H,13-15,22,27-28H2,1-4H3. The van der Waals surface area contributed by atoms with Crippen LogP contribution >= 0.6 is 0 Å². The molecule has 2 unspecified atom stereocenters. The van der Waals surface area contributed by atoms with Gasteiger partial charge in [-0.3, -0.25) is 0 Å². The molecule has 5 aromatic carbocycles. The number of hydrogen-bond donors (Lipinski definition) is 0. The summed E-state index contributed by atoms with van der Waals surface area (Å²) >= 11 is 0. The third-order valence-electron chi connectivity index (χ3n) is 13.2. The first-order valence-electron chi connectivity index (χ1n) is 19.2. The molecule has 3 heterocycles. The maximum absolute atomic E-state index is 2.86. The van der Waals surface area contributed by atoms with E-state index in [9.17, 15) is 0 Å². The predicted molar refractivity (Wildman–Crippen MR) is 218 cm³/mol.